The summed E-state index contributed by atoms with van der Waals surface area (Å²) in [6.45, 7) is 13.9. The Bertz CT molecular complexity index is 322. The molecule has 0 saturated carbocycles. The van der Waals surface area contributed by atoms with E-state index in [1.54, 1.807) is 37.0 Å². The normalized spacial score (nSPS) is 11.1. The van der Waals surface area contributed by atoms with Crippen molar-refractivity contribution in [1.82, 2.24) is 0 Å². The monoisotopic (exact) mass is 790 g/mol. The number of hydrogen-bond donors (Lipinski definition) is 0. The predicted octanol–water partition coefficient (Wildman–Crippen LogP) is 15.6. The maximum absolute atomic E-state index is 3.00. The zero-order chi connectivity index (χ0) is 31.1. The second-order valence-electron chi connectivity index (χ2n) is 12.4. The minimum atomic E-state index is 0.0139. The van der Waals surface area contributed by atoms with E-state index < -0.39 is 0 Å². The first-order chi connectivity index (χ1) is 20.1. The van der Waals surface area contributed by atoms with Crippen LogP contribution in [0.3, 0.4) is 0 Å². The molecule has 0 saturated heterocycles. The molecule has 0 aliphatic heterocycles. The Labute approximate surface area is 285 Å². The quantitative estimate of drug-likeness (QED) is 0.0386. The van der Waals surface area contributed by atoms with Crippen LogP contribution in [-0.2, 0) is 10.9 Å². The van der Waals surface area contributed by atoms with Crippen LogP contribution in [0, 0.1) is 0 Å². The molecule has 0 fully saturated rings. The molecule has 0 nitrogen and oxygen atoms in total. The van der Waals surface area contributed by atoms with E-state index in [1.807, 2.05) is 0 Å². The van der Waals surface area contributed by atoms with Gasteiger partial charge in [-0.1, -0.05) is 119 Å². The topological polar surface area (TPSA) is 0 Å². The Balaban J connectivity index is -0.000000642. The zero-order valence-electron chi connectivity index (χ0n) is 29.3. The van der Waals surface area contributed by atoms with E-state index in [4.69, 9.17) is 0 Å². The fourth-order valence-corrected chi connectivity index (χ4v) is 11.6. The van der Waals surface area contributed by atoms with Gasteiger partial charge in [-0.25, -0.2) is 0 Å². The Kier molecular flexibility index (Phi) is 54.4. The molecule has 0 bridgehead atoms. The van der Waals surface area contributed by atoms with E-state index in [0.29, 0.717) is 0 Å². The number of hydrogen-bond acceptors (Lipinski definition) is 0. The molecule has 0 heterocycles. The summed E-state index contributed by atoms with van der Waals surface area (Å²) in [5.74, 6) is 0. The Hall–Kier alpha value is 2.31. The average Bonchev–Trinajstić information content (AvgIpc) is 2.98. The van der Waals surface area contributed by atoms with Crippen LogP contribution in [0.5, 0.6) is 0 Å². The summed E-state index contributed by atoms with van der Waals surface area (Å²) in [4.78, 5) is 0. The molecule has 0 amide bonds. The molecule has 0 N–H and O–H groups in total. The van der Waals surface area contributed by atoms with Gasteiger partial charge in [0.2, 0.25) is 0 Å². The van der Waals surface area contributed by atoms with Gasteiger partial charge >= 0.3 is 39.3 Å². The van der Waals surface area contributed by atoms with Crippen molar-refractivity contribution < 1.29 is 10.9 Å². The van der Waals surface area contributed by atoms with Crippen molar-refractivity contribution in [2.75, 3.05) is 37.0 Å². The number of halogens is 2. The summed E-state index contributed by atoms with van der Waals surface area (Å²) in [6, 6.07) is 0. The molecule has 0 atom stereocenters. The van der Waals surface area contributed by atoms with Crippen LogP contribution in [0.1, 0.15) is 196 Å². The van der Waals surface area contributed by atoms with Crippen molar-refractivity contribution in [3.8, 4) is 0 Å². The van der Waals surface area contributed by atoms with E-state index in [0.717, 1.165) is 0 Å². The van der Waals surface area contributed by atoms with Gasteiger partial charge < -0.3 is 0 Å². The van der Waals surface area contributed by atoms with Crippen molar-refractivity contribution >= 4 is 44.3 Å². The molecule has 0 aliphatic rings. The van der Waals surface area contributed by atoms with Crippen molar-refractivity contribution in [2.45, 2.75) is 196 Å². The summed E-state index contributed by atoms with van der Waals surface area (Å²) in [7, 11) is 1.28. The third kappa shape index (κ3) is 46.8. The minimum absolute atomic E-state index is 0.0139. The first kappa shape index (κ1) is 47.7. The van der Waals surface area contributed by atoms with Gasteiger partial charge in [0.25, 0.3) is 0 Å². The van der Waals surface area contributed by atoms with Crippen LogP contribution in [0.2, 0.25) is 0 Å². The van der Waals surface area contributed by atoms with Crippen molar-refractivity contribution in [2.24, 2.45) is 0 Å². The van der Waals surface area contributed by atoms with E-state index in [9.17, 15) is 0 Å². The van der Waals surface area contributed by atoms with E-state index >= 15 is 0 Å². The number of unbranched alkanes of at least 4 members (excludes halogenated alkanes) is 18. The molecule has 0 aromatic rings. The second-order valence-corrected chi connectivity index (χ2v) is 23.4. The van der Waals surface area contributed by atoms with Crippen molar-refractivity contribution in [3.05, 3.63) is 0 Å². The fraction of sp³-hybridized carbons (Fsp3) is 1.00. The summed E-state index contributed by atoms with van der Waals surface area (Å²) in [5, 5.41) is 0. The summed E-state index contributed by atoms with van der Waals surface area (Å²) < 4.78 is 0. The van der Waals surface area contributed by atoms with Crippen LogP contribution in [0.15, 0.2) is 0 Å². The Morgan fingerprint density at radius 3 is 0.561 bits per heavy atom. The third-order valence-electron chi connectivity index (χ3n) is 8.30. The number of rotatable bonds is 30. The zero-order valence-corrected chi connectivity index (χ0v) is 35.4. The molecule has 0 aromatic heterocycles. The van der Waals surface area contributed by atoms with Gasteiger partial charge in [-0.3, -0.25) is 0 Å². The molecule has 41 heavy (non-hydrogen) atoms. The first-order valence-corrected chi connectivity index (χ1v) is 27.7. The molecular formula is C36H80Br2NiP2+2. The molecule has 0 aliphatic carbocycles. The SMILES string of the molecule is CCCCCC[PH+](CCCCCC)CCCCCC.CCCCCC[PH+](CCCCCC)CCCCCC.[Br][Ni][Br]. The van der Waals surface area contributed by atoms with E-state index in [1.165, 1.54) is 165 Å². The molecule has 0 spiro atoms. The van der Waals surface area contributed by atoms with Crippen LogP contribution >= 0.6 is 44.3 Å². The second kappa shape index (κ2) is 46.7. The summed E-state index contributed by atoms with van der Waals surface area (Å²) in [5.41, 5.74) is 0. The molecule has 0 radical (unpaired) electrons. The molecule has 5 heteroatoms. The van der Waals surface area contributed by atoms with Crippen LogP contribution < -0.4 is 0 Å². The van der Waals surface area contributed by atoms with Crippen LogP contribution in [-0.4, -0.2) is 37.0 Å². The molecular weight excluding hydrogens is 713 g/mol. The van der Waals surface area contributed by atoms with Gasteiger partial charge in [-0.05, 0) is 77.0 Å². The molecule has 0 unspecified atom stereocenters. The van der Waals surface area contributed by atoms with Gasteiger partial charge in [0.1, 0.15) is 0 Å². The molecule has 256 valence electrons. The fourth-order valence-electron chi connectivity index (χ4n) is 5.56. The Morgan fingerprint density at radius 2 is 0.439 bits per heavy atom. The summed E-state index contributed by atoms with van der Waals surface area (Å²) >= 11 is 6.00. The average molecular weight is 793 g/mol. The molecule has 0 rings (SSSR count). The third-order valence-corrected chi connectivity index (χ3v) is 14.7. The summed E-state index contributed by atoms with van der Waals surface area (Å²) in [6.07, 6.45) is 44.9. The Morgan fingerprint density at radius 1 is 0.293 bits per heavy atom. The van der Waals surface area contributed by atoms with Crippen molar-refractivity contribution in [3.63, 3.8) is 0 Å². The standard InChI is InChI=1S/2C18H39P.2BrH.Ni/c2*1-4-7-10-13-16-19(17-14-11-8-5-2)18-15-12-9-6-3;;;/h2*4-18H2,1-3H3;2*1H;/q;;;;+2. The van der Waals surface area contributed by atoms with Gasteiger partial charge in [-0.2, -0.15) is 0 Å². The van der Waals surface area contributed by atoms with Gasteiger partial charge in [0, 0.05) is 15.8 Å². The molecule has 0 aromatic carbocycles. The maximum atomic E-state index is 3.00. The van der Waals surface area contributed by atoms with Gasteiger partial charge in [-0.15, -0.1) is 0 Å². The van der Waals surface area contributed by atoms with E-state index in [-0.39, 0.29) is 15.8 Å². The van der Waals surface area contributed by atoms with Crippen LogP contribution in [0.25, 0.3) is 0 Å². The van der Waals surface area contributed by atoms with E-state index in [2.05, 4.69) is 70.0 Å². The van der Waals surface area contributed by atoms with Crippen molar-refractivity contribution in [1.29, 1.82) is 0 Å². The van der Waals surface area contributed by atoms with Gasteiger partial charge in [0.05, 0.1) is 37.0 Å². The van der Waals surface area contributed by atoms with Crippen LogP contribution in [0.4, 0.5) is 0 Å². The predicted molar refractivity (Wildman–Crippen MR) is 209 cm³/mol. The van der Waals surface area contributed by atoms with Gasteiger partial charge in [0.15, 0.2) is 0 Å². The first-order valence-electron chi connectivity index (χ1n) is 18.6.